The summed E-state index contributed by atoms with van der Waals surface area (Å²) in [5.74, 6) is -1.51. The molecule has 3 atom stereocenters. The van der Waals surface area contributed by atoms with E-state index in [4.69, 9.17) is 0 Å². The Morgan fingerprint density at radius 3 is 2.67 bits per heavy atom. The van der Waals surface area contributed by atoms with Gasteiger partial charge in [-0.25, -0.2) is 0 Å². The van der Waals surface area contributed by atoms with E-state index >= 15 is 0 Å². The molecule has 1 spiro atoms. The van der Waals surface area contributed by atoms with Crippen LogP contribution in [0.3, 0.4) is 0 Å². The fourth-order valence-electron chi connectivity index (χ4n) is 4.72. The van der Waals surface area contributed by atoms with E-state index in [9.17, 15) is 14.7 Å². The van der Waals surface area contributed by atoms with Crippen LogP contribution in [0.1, 0.15) is 31.7 Å². The Morgan fingerprint density at radius 1 is 1.26 bits per heavy atom. The van der Waals surface area contributed by atoms with Crippen LogP contribution in [0.5, 0.6) is 0 Å². The van der Waals surface area contributed by atoms with Crippen molar-refractivity contribution >= 4 is 17.6 Å². The number of carbonyl (C=O) groups is 2. The van der Waals surface area contributed by atoms with E-state index in [2.05, 4.69) is 48.3 Å². The van der Waals surface area contributed by atoms with Crippen LogP contribution in [0.4, 0.5) is 5.69 Å². The number of carbonyl (C=O) groups excluding carboxylic acids is 1. The van der Waals surface area contributed by atoms with Gasteiger partial charge in [0.25, 0.3) is 0 Å². The molecule has 2 aliphatic heterocycles. The van der Waals surface area contributed by atoms with E-state index in [1.54, 1.807) is 0 Å². The zero-order valence-electron chi connectivity index (χ0n) is 16.1. The zero-order chi connectivity index (χ0) is 19.2. The van der Waals surface area contributed by atoms with Crippen molar-refractivity contribution in [1.82, 2.24) is 10.2 Å². The van der Waals surface area contributed by atoms with Crippen LogP contribution < -0.4 is 10.2 Å². The summed E-state index contributed by atoms with van der Waals surface area (Å²) in [4.78, 5) is 29.1. The van der Waals surface area contributed by atoms with E-state index in [1.807, 2.05) is 4.90 Å². The lowest BCUT2D eigenvalue weighted by atomic mass is 9.81. The van der Waals surface area contributed by atoms with Gasteiger partial charge in [0.15, 0.2) is 0 Å². The van der Waals surface area contributed by atoms with E-state index < -0.39 is 17.9 Å². The van der Waals surface area contributed by atoms with Crippen LogP contribution in [0.2, 0.25) is 0 Å². The maximum atomic E-state index is 13.1. The van der Waals surface area contributed by atoms with Crippen molar-refractivity contribution in [1.29, 1.82) is 0 Å². The number of nitrogens with zero attached hydrogens (tertiary/aromatic N) is 2. The normalized spacial score (nSPS) is 29.6. The van der Waals surface area contributed by atoms with Gasteiger partial charge in [0.2, 0.25) is 5.91 Å². The zero-order valence-corrected chi connectivity index (χ0v) is 16.1. The molecule has 2 N–H and O–H groups in total. The molecule has 3 unspecified atom stereocenters. The number of amides is 1. The molecule has 6 heteroatoms. The van der Waals surface area contributed by atoms with Crippen molar-refractivity contribution in [2.24, 2.45) is 11.3 Å². The van der Waals surface area contributed by atoms with E-state index in [1.165, 1.54) is 11.3 Å². The van der Waals surface area contributed by atoms with Gasteiger partial charge >= 0.3 is 5.97 Å². The van der Waals surface area contributed by atoms with Gasteiger partial charge in [-0.3, -0.25) is 9.59 Å². The minimum absolute atomic E-state index is 0.0476. The van der Waals surface area contributed by atoms with E-state index in [0.717, 1.165) is 25.9 Å². The highest BCUT2D eigenvalue weighted by Crippen LogP contribution is 2.52. The number of hydrogen-bond donors (Lipinski definition) is 2. The minimum Gasteiger partial charge on any atom is -0.481 e. The maximum Gasteiger partial charge on any atom is 0.308 e. The molecule has 0 radical (unpaired) electrons. The average molecular weight is 371 g/mol. The van der Waals surface area contributed by atoms with Crippen molar-refractivity contribution in [3.8, 4) is 0 Å². The topological polar surface area (TPSA) is 72.9 Å². The first-order valence-electron chi connectivity index (χ1n) is 9.97. The molecule has 2 heterocycles. The van der Waals surface area contributed by atoms with Gasteiger partial charge in [0, 0.05) is 37.9 Å². The van der Waals surface area contributed by atoms with Crippen molar-refractivity contribution in [3.05, 3.63) is 29.8 Å². The fourth-order valence-corrected chi connectivity index (χ4v) is 4.72. The quantitative estimate of drug-likeness (QED) is 0.849. The van der Waals surface area contributed by atoms with E-state index in [0.29, 0.717) is 19.5 Å². The van der Waals surface area contributed by atoms with Gasteiger partial charge in [0.05, 0.1) is 5.92 Å². The Bertz CT molecular complexity index is 746. The van der Waals surface area contributed by atoms with Gasteiger partial charge in [-0.1, -0.05) is 12.1 Å². The second kappa shape index (κ2) is 6.82. The Hall–Kier alpha value is -2.08. The number of piperazine rings is 1. The lowest BCUT2D eigenvalue weighted by Gasteiger charge is -2.44. The van der Waals surface area contributed by atoms with Crippen molar-refractivity contribution in [2.75, 3.05) is 31.1 Å². The van der Waals surface area contributed by atoms with Gasteiger partial charge in [-0.05, 0) is 56.2 Å². The first-order valence-corrected chi connectivity index (χ1v) is 9.97. The lowest BCUT2D eigenvalue weighted by molar-refractivity contribution is -0.150. The van der Waals surface area contributed by atoms with Crippen LogP contribution in [-0.2, 0) is 9.59 Å². The number of aryl methyl sites for hydroxylation is 1. The predicted octanol–water partition coefficient (Wildman–Crippen LogP) is 1.88. The Kier molecular flexibility index (Phi) is 4.62. The monoisotopic (exact) mass is 371 g/mol. The number of aliphatic carboxylic acids is 1. The Labute approximate surface area is 160 Å². The van der Waals surface area contributed by atoms with Crippen molar-refractivity contribution in [2.45, 2.75) is 45.2 Å². The first kappa shape index (κ1) is 18.3. The number of nitrogens with one attached hydrogen (secondary N) is 1. The molecule has 1 amide bonds. The number of rotatable bonds is 3. The van der Waals surface area contributed by atoms with Crippen LogP contribution >= 0.6 is 0 Å². The molecule has 146 valence electrons. The maximum absolute atomic E-state index is 13.1. The summed E-state index contributed by atoms with van der Waals surface area (Å²) in [6, 6.07) is 8.04. The SMILES string of the molecule is Cc1cccc(N2CCN(C(=O)C3NCC4(CC4)CC3C(=O)O)CC2C)c1. The molecule has 3 aliphatic rings. The molecular formula is C21H29N3O3. The average Bonchev–Trinajstić information content (AvgIpc) is 3.39. The number of carboxylic acids is 1. The number of carboxylic acid groups (broad SMARTS) is 1. The summed E-state index contributed by atoms with van der Waals surface area (Å²) < 4.78 is 0. The second-order valence-corrected chi connectivity index (χ2v) is 8.67. The molecule has 1 aromatic rings. The summed E-state index contributed by atoms with van der Waals surface area (Å²) in [6.45, 7) is 7.01. The highest BCUT2D eigenvalue weighted by Gasteiger charge is 2.53. The first-order chi connectivity index (χ1) is 12.9. The van der Waals surface area contributed by atoms with Gasteiger partial charge in [-0.2, -0.15) is 0 Å². The summed E-state index contributed by atoms with van der Waals surface area (Å²) in [5, 5.41) is 12.9. The van der Waals surface area contributed by atoms with Crippen molar-refractivity contribution < 1.29 is 14.7 Å². The lowest BCUT2D eigenvalue weighted by Crippen LogP contribution is -2.61. The molecule has 4 rings (SSSR count). The third kappa shape index (κ3) is 3.55. The third-order valence-electron chi connectivity index (χ3n) is 6.57. The number of benzene rings is 1. The number of hydrogen-bond acceptors (Lipinski definition) is 4. The fraction of sp³-hybridized carbons (Fsp3) is 0.619. The summed E-state index contributed by atoms with van der Waals surface area (Å²) in [6.07, 6.45) is 2.79. The molecule has 3 fully saturated rings. The molecule has 27 heavy (non-hydrogen) atoms. The molecule has 2 saturated heterocycles. The summed E-state index contributed by atoms with van der Waals surface area (Å²) in [5.41, 5.74) is 2.55. The van der Waals surface area contributed by atoms with Gasteiger partial charge in [-0.15, -0.1) is 0 Å². The molecule has 1 aromatic carbocycles. The standard InChI is InChI=1S/C21H29N3O3/c1-14-4-3-5-16(10-14)24-9-8-23(12-15(24)2)19(25)18-17(20(26)27)11-21(6-7-21)13-22-18/h3-5,10,15,17-18,22H,6-9,11-13H2,1-2H3,(H,26,27). The molecule has 0 aromatic heterocycles. The largest absolute Gasteiger partial charge is 0.481 e. The van der Waals surface area contributed by atoms with Crippen LogP contribution in [-0.4, -0.2) is 60.1 Å². The summed E-state index contributed by atoms with van der Waals surface area (Å²) in [7, 11) is 0. The Balaban J connectivity index is 1.43. The number of piperidine rings is 1. The minimum atomic E-state index is -0.849. The van der Waals surface area contributed by atoms with Crippen LogP contribution in [0, 0.1) is 18.3 Å². The Morgan fingerprint density at radius 2 is 2.04 bits per heavy atom. The van der Waals surface area contributed by atoms with Gasteiger partial charge in [0.1, 0.15) is 6.04 Å². The summed E-state index contributed by atoms with van der Waals surface area (Å²) >= 11 is 0. The smallest absolute Gasteiger partial charge is 0.308 e. The predicted molar refractivity (Wildman–Crippen MR) is 104 cm³/mol. The van der Waals surface area contributed by atoms with Gasteiger partial charge < -0.3 is 20.2 Å². The van der Waals surface area contributed by atoms with Crippen LogP contribution in [0.25, 0.3) is 0 Å². The molecular weight excluding hydrogens is 342 g/mol. The molecule has 1 saturated carbocycles. The second-order valence-electron chi connectivity index (χ2n) is 8.67. The molecule has 0 bridgehead atoms. The van der Waals surface area contributed by atoms with E-state index in [-0.39, 0.29) is 17.4 Å². The third-order valence-corrected chi connectivity index (χ3v) is 6.57. The van der Waals surface area contributed by atoms with Crippen LogP contribution in [0.15, 0.2) is 24.3 Å². The highest BCUT2D eigenvalue weighted by atomic mass is 16.4. The molecule has 6 nitrogen and oxygen atoms in total. The molecule has 1 aliphatic carbocycles. The van der Waals surface area contributed by atoms with Crippen molar-refractivity contribution in [3.63, 3.8) is 0 Å². The highest BCUT2D eigenvalue weighted by molar-refractivity contribution is 5.88. The number of anilines is 1.